The second-order valence-corrected chi connectivity index (χ2v) is 7.13. The van der Waals surface area contributed by atoms with Gasteiger partial charge in [-0.3, -0.25) is 19.7 Å². The second kappa shape index (κ2) is 7.84. The lowest BCUT2D eigenvalue weighted by molar-refractivity contribution is -0.385. The molecule has 11 nitrogen and oxygen atoms in total. The number of nitro benzene ring substituents is 1. The van der Waals surface area contributed by atoms with Crippen LogP contribution in [0.2, 0.25) is 0 Å². The largest absolute Gasteiger partial charge is 0.497 e. The fourth-order valence-electron chi connectivity index (χ4n) is 3.86. The number of nitro groups is 1. The zero-order chi connectivity index (χ0) is 23.2. The maximum absolute atomic E-state index is 13.4. The number of carbonyl (C=O) groups excluding carboxylic acids is 2. The molecular formula is C21H19N3O8. The van der Waals surface area contributed by atoms with Crippen molar-refractivity contribution >= 4 is 28.9 Å². The number of ether oxygens (including phenoxy) is 3. The van der Waals surface area contributed by atoms with E-state index < -0.39 is 28.8 Å². The van der Waals surface area contributed by atoms with Crippen LogP contribution in [-0.4, -0.2) is 49.9 Å². The number of aryl methyl sites for hydroxylation is 1. The highest BCUT2D eigenvalue weighted by Gasteiger charge is 2.57. The number of rotatable bonds is 6. The molecule has 4 rings (SSSR count). The average molecular weight is 441 g/mol. The molecular weight excluding hydrogens is 422 g/mol. The van der Waals surface area contributed by atoms with Crippen LogP contribution in [0.15, 0.2) is 35.5 Å². The summed E-state index contributed by atoms with van der Waals surface area (Å²) in [6.45, 7) is 1.57. The molecule has 2 aromatic rings. The summed E-state index contributed by atoms with van der Waals surface area (Å²) in [4.78, 5) is 43.4. The molecule has 1 saturated heterocycles. The van der Waals surface area contributed by atoms with E-state index in [4.69, 9.17) is 19.0 Å². The summed E-state index contributed by atoms with van der Waals surface area (Å²) in [7, 11) is 4.25. The molecule has 2 aromatic carbocycles. The molecule has 166 valence electrons. The molecule has 2 aliphatic rings. The van der Waals surface area contributed by atoms with Crippen molar-refractivity contribution in [2.24, 2.45) is 11.1 Å². The van der Waals surface area contributed by atoms with Crippen LogP contribution in [0.4, 0.5) is 11.4 Å². The minimum absolute atomic E-state index is 0.0695. The minimum Gasteiger partial charge on any atom is -0.497 e. The molecule has 0 aromatic heterocycles. The van der Waals surface area contributed by atoms with Crippen LogP contribution in [0, 0.1) is 23.0 Å². The molecule has 2 amide bonds. The summed E-state index contributed by atoms with van der Waals surface area (Å²) < 4.78 is 15.7. The molecule has 0 radical (unpaired) electrons. The van der Waals surface area contributed by atoms with Gasteiger partial charge >= 0.3 is 5.69 Å². The van der Waals surface area contributed by atoms with Crippen molar-refractivity contribution in [3.63, 3.8) is 0 Å². The van der Waals surface area contributed by atoms with Gasteiger partial charge in [0.25, 0.3) is 5.91 Å². The van der Waals surface area contributed by atoms with Gasteiger partial charge in [0.05, 0.1) is 31.9 Å². The van der Waals surface area contributed by atoms with E-state index in [9.17, 15) is 19.7 Å². The van der Waals surface area contributed by atoms with Crippen molar-refractivity contribution in [3.05, 3.63) is 51.6 Å². The number of imide groups is 1. The first-order chi connectivity index (χ1) is 15.3. The fraction of sp³-hybridized carbons (Fsp3) is 0.286. The smallest absolute Gasteiger partial charge is 0.311 e. The molecule has 2 heterocycles. The van der Waals surface area contributed by atoms with Crippen molar-refractivity contribution in [2.75, 3.05) is 26.2 Å². The molecule has 0 aliphatic carbocycles. The Bertz CT molecular complexity index is 1180. The Hall–Kier alpha value is -4.15. The first kappa shape index (κ1) is 21.1. The van der Waals surface area contributed by atoms with Crippen molar-refractivity contribution < 1.29 is 33.6 Å². The van der Waals surface area contributed by atoms with E-state index in [-0.39, 0.29) is 22.8 Å². The van der Waals surface area contributed by atoms with E-state index in [0.29, 0.717) is 22.6 Å². The maximum atomic E-state index is 13.4. The quantitative estimate of drug-likeness (QED) is 0.379. The number of hydrogen-bond acceptors (Lipinski definition) is 9. The van der Waals surface area contributed by atoms with Crippen LogP contribution < -0.4 is 19.1 Å². The fourth-order valence-corrected chi connectivity index (χ4v) is 3.86. The van der Waals surface area contributed by atoms with Gasteiger partial charge in [-0.05, 0) is 24.6 Å². The minimum atomic E-state index is -1.15. The molecule has 11 heteroatoms. The monoisotopic (exact) mass is 441 g/mol. The molecule has 0 spiro atoms. The molecule has 0 saturated carbocycles. The average Bonchev–Trinajstić information content (AvgIpc) is 3.33. The Kier molecular flexibility index (Phi) is 5.17. The normalized spacial score (nSPS) is 19.4. The summed E-state index contributed by atoms with van der Waals surface area (Å²) >= 11 is 0. The van der Waals surface area contributed by atoms with E-state index in [0.717, 1.165) is 4.90 Å². The number of amides is 2. The molecule has 1 fully saturated rings. The lowest BCUT2D eigenvalue weighted by Crippen LogP contribution is -2.33. The van der Waals surface area contributed by atoms with Gasteiger partial charge in [0.2, 0.25) is 12.0 Å². The highest BCUT2D eigenvalue weighted by atomic mass is 16.7. The number of hydrogen-bond donors (Lipinski definition) is 0. The molecule has 2 aliphatic heterocycles. The number of anilines is 1. The van der Waals surface area contributed by atoms with Crippen molar-refractivity contribution in [1.82, 2.24) is 0 Å². The van der Waals surface area contributed by atoms with Gasteiger partial charge in [0, 0.05) is 23.8 Å². The predicted molar refractivity (Wildman–Crippen MR) is 111 cm³/mol. The van der Waals surface area contributed by atoms with Gasteiger partial charge < -0.3 is 19.0 Å². The van der Waals surface area contributed by atoms with Gasteiger partial charge in [-0.15, -0.1) is 0 Å². The summed E-state index contributed by atoms with van der Waals surface area (Å²) in [5, 5.41) is 15.3. The van der Waals surface area contributed by atoms with Crippen molar-refractivity contribution in [1.29, 1.82) is 0 Å². The van der Waals surface area contributed by atoms with Gasteiger partial charge in [0.1, 0.15) is 23.1 Å². The van der Waals surface area contributed by atoms with Crippen LogP contribution in [0.3, 0.4) is 0 Å². The summed E-state index contributed by atoms with van der Waals surface area (Å²) in [6, 6.07) is 7.54. The lowest BCUT2D eigenvalue weighted by Gasteiger charge is -2.19. The summed E-state index contributed by atoms with van der Waals surface area (Å²) in [5.74, 6) is -1.30. The third kappa shape index (κ3) is 3.09. The van der Waals surface area contributed by atoms with E-state index in [2.05, 4.69) is 5.16 Å². The molecule has 0 bridgehead atoms. The Morgan fingerprint density at radius 3 is 2.38 bits per heavy atom. The van der Waals surface area contributed by atoms with Gasteiger partial charge in [-0.1, -0.05) is 5.16 Å². The number of benzene rings is 2. The predicted octanol–water partition coefficient (Wildman–Crippen LogP) is 2.22. The van der Waals surface area contributed by atoms with E-state index >= 15 is 0 Å². The Labute approximate surface area is 182 Å². The first-order valence-corrected chi connectivity index (χ1v) is 9.49. The van der Waals surface area contributed by atoms with Crippen LogP contribution in [-0.2, 0) is 14.4 Å². The summed E-state index contributed by atoms with van der Waals surface area (Å²) in [6.07, 6.45) is -1.15. The van der Waals surface area contributed by atoms with Crippen LogP contribution in [0.1, 0.15) is 11.1 Å². The van der Waals surface area contributed by atoms with E-state index in [1.54, 1.807) is 25.1 Å². The number of carbonyl (C=O) groups is 2. The molecule has 0 unspecified atom stereocenters. The highest BCUT2D eigenvalue weighted by Crippen LogP contribution is 2.41. The van der Waals surface area contributed by atoms with Crippen LogP contribution in [0.25, 0.3) is 0 Å². The van der Waals surface area contributed by atoms with Crippen molar-refractivity contribution in [3.8, 4) is 17.2 Å². The standard InChI is InChI=1S/C21H19N3O8/c1-10-7-14(24(27)28)16(31-4)9-13(10)23-20(25)17-18(22-32-19(17)21(23)26)12-6-5-11(29-2)8-15(12)30-3/h5-9,17,19H,1-4H3/t17-,19+/m1/s1. The van der Waals surface area contributed by atoms with Crippen LogP contribution >= 0.6 is 0 Å². The maximum Gasteiger partial charge on any atom is 0.311 e. The van der Waals surface area contributed by atoms with E-state index in [1.165, 1.54) is 33.5 Å². The second-order valence-electron chi connectivity index (χ2n) is 7.13. The number of methoxy groups -OCH3 is 3. The lowest BCUT2D eigenvalue weighted by atomic mass is 9.93. The number of nitrogens with zero attached hydrogens (tertiary/aromatic N) is 3. The molecule has 0 N–H and O–H groups in total. The molecule has 2 atom stereocenters. The van der Waals surface area contributed by atoms with Gasteiger partial charge in [-0.25, -0.2) is 4.90 Å². The Balaban J connectivity index is 1.75. The first-order valence-electron chi connectivity index (χ1n) is 9.49. The zero-order valence-electron chi connectivity index (χ0n) is 17.6. The topological polar surface area (TPSA) is 130 Å². The SMILES string of the molecule is COc1ccc(C2=NO[C@@H]3C(=O)N(c4cc(OC)c([N+](=O)[O-])cc4C)C(=O)[C@H]23)c(OC)c1. The zero-order valence-corrected chi connectivity index (χ0v) is 17.6. The highest BCUT2D eigenvalue weighted by molar-refractivity contribution is 6.33. The Morgan fingerprint density at radius 2 is 1.75 bits per heavy atom. The summed E-state index contributed by atoms with van der Waals surface area (Å²) in [5.41, 5.74) is 1.01. The third-order valence-corrected chi connectivity index (χ3v) is 5.43. The number of fused-ring (bicyclic) bond motifs is 1. The Morgan fingerprint density at radius 1 is 1.03 bits per heavy atom. The van der Waals surface area contributed by atoms with Crippen LogP contribution in [0.5, 0.6) is 17.2 Å². The number of oxime groups is 1. The van der Waals surface area contributed by atoms with Gasteiger partial charge in [0.15, 0.2) is 5.75 Å². The third-order valence-electron chi connectivity index (χ3n) is 5.43. The van der Waals surface area contributed by atoms with Gasteiger partial charge in [-0.2, -0.15) is 0 Å². The van der Waals surface area contributed by atoms with E-state index in [1.807, 2.05) is 0 Å². The molecule has 32 heavy (non-hydrogen) atoms. The van der Waals surface area contributed by atoms with Crippen molar-refractivity contribution in [2.45, 2.75) is 13.0 Å².